The van der Waals surface area contributed by atoms with Crippen LogP contribution in [-0.2, 0) is 5.33 Å². The first kappa shape index (κ1) is 10.3. The molecule has 13 heavy (non-hydrogen) atoms. The summed E-state index contributed by atoms with van der Waals surface area (Å²) >= 11 is 12.1. The van der Waals surface area contributed by atoms with Gasteiger partial charge >= 0.3 is 0 Å². The van der Waals surface area contributed by atoms with Gasteiger partial charge in [0.2, 0.25) is 0 Å². The minimum Gasteiger partial charge on any atom is -0.142 e. The smallest absolute Gasteiger partial charge is 0.0490 e. The van der Waals surface area contributed by atoms with Gasteiger partial charge < -0.3 is 0 Å². The Hall–Kier alpha value is 0.740. The summed E-state index contributed by atoms with van der Waals surface area (Å²) in [5, 5.41) is 2.26. The molecule has 0 aliphatic carbocycles. The van der Waals surface area contributed by atoms with E-state index in [9.17, 15) is 0 Å². The third kappa shape index (κ3) is 1.91. The van der Waals surface area contributed by atoms with Crippen LogP contribution in [0.5, 0.6) is 0 Å². The minimum atomic E-state index is 0.935. The standard InChI is InChI=1S/C9H6BrIS2/c10-4-6-3-5-1-2-7(12)8(11)9(5)13-6/h1-3,12H,4H2. The number of fused-ring (bicyclic) bond motifs is 1. The quantitative estimate of drug-likeness (QED) is 0.411. The summed E-state index contributed by atoms with van der Waals surface area (Å²) < 4.78 is 2.61. The fourth-order valence-electron chi connectivity index (χ4n) is 1.18. The highest BCUT2D eigenvalue weighted by Gasteiger charge is 2.06. The lowest BCUT2D eigenvalue weighted by molar-refractivity contribution is 1.48. The van der Waals surface area contributed by atoms with E-state index in [-0.39, 0.29) is 0 Å². The van der Waals surface area contributed by atoms with Crippen LogP contribution in [0.25, 0.3) is 10.1 Å². The van der Waals surface area contributed by atoms with Crippen LogP contribution in [0.2, 0.25) is 0 Å². The van der Waals surface area contributed by atoms with E-state index in [0.717, 1.165) is 10.2 Å². The number of hydrogen-bond donors (Lipinski definition) is 1. The first-order valence-electron chi connectivity index (χ1n) is 3.68. The lowest BCUT2D eigenvalue weighted by Gasteiger charge is -1.96. The number of hydrogen-bond acceptors (Lipinski definition) is 2. The number of rotatable bonds is 1. The minimum absolute atomic E-state index is 0.935. The third-order valence-corrected chi connectivity index (χ3v) is 6.22. The molecule has 4 heteroatoms. The van der Waals surface area contributed by atoms with Crippen LogP contribution in [0.3, 0.4) is 0 Å². The lowest BCUT2D eigenvalue weighted by atomic mass is 10.2. The second-order valence-electron chi connectivity index (χ2n) is 2.66. The predicted molar refractivity (Wildman–Crippen MR) is 74.4 cm³/mol. The summed E-state index contributed by atoms with van der Waals surface area (Å²) in [4.78, 5) is 2.43. The molecule has 2 rings (SSSR count). The Bertz CT molecular complexity index is 450. The van der Waals surface area contributed by atoms with Crippen LogP contribution in [0.4, 0.5) is 0 Å². The second-order valence-corrected chi connectivity index (χ2v) is 5.92. The Morgan fingerprint density at radius 1 is 1.46 bits per heavy atom. The molecule has 1 aromatic carbocycles. The topological polar surface area (TPSA) is 0 Å². The Labute approximate surface area is 108 Å². The van der Waals surface area contributed by atoms with Gasteiger partial charge in [-0.25, -0.2) is 0 Å². The van der Waals surface area contributed by atoms with Crippen molar-refractivity contribution < 1.29 is 0 Å². The van der Waals surface area contributed by atoms with Gasteiger partial charge in [-0.15, -0.1) is 24.0 Å². The van der Waals surface area contributed by atoms with Crippen LogP contribution < -0.4 is 0 Å². The Morgan fingerprint density at radius 2 is 2.23 bits per heavy atom. The molecule has 0 saturated heterocycles. The highest BCUT2D eigenvalue weighted by atomic mass is 127. The molecule has 0 spiro atoms. The van der Waals surface area contributed by atoms with Crippen LogP contribution in [-0.4, -0.2) is 0 Å². The maximum Gasteiger partial charge on any atom is 0.0490 e. The van der Waals surface area contributed by atoms with Gasteiger partial charge in [-0.1, -0.05) is 22.0 Å². The number of alkyl halides is 1. The number of thiophene rings is 1. The molecule has 0 fully saturated rings. The zero-order chi connectivity index (χ0) is 9.42. The molecule has 2 aromatic rings. The fourth-order valence-corrected chi connectivity index (χ4v) is 3.71. The molecule has 0 radical (unpaired) electrons. The van der Waals surface area contributed by atoms with E-state index in [1.807, 2.05) is 11.3 Å². The van der Waals surface area contributed by atoms with E-state index in [4.69, 9.17) is 0 Å². The lowest BCUT2D eigenvalue weighted by Crippen LogP contribution is -1.73. The van der Waals surface area contributed by atoms with Gasteiger partial charge in [0.15, 0.2) is 0 Å². The molecule has 0 atom stereocenters. The molecular formula is C9H6BrIS2. The van der Waals surface area contributed by atoms with Gasteiger partial charge in [-0.2, -0.15) is 0 Å². The molecule has 0 N–H and O–H groups in total. The molecular weight excluding hydrogens is 379 g/mol. The average molecular weight is 385 g/mol. The van der Waals surface area contributed by atoms with Crippen LogP contribution >= 0.6 is 62.5 Å². The normalized spacial score (nSPS) is 11.0. The van der Waals surface area contributed by atoms with Crippen LogP contribution in [0.15, 0.2) is 23.1 Å². The van der Waals surface area contributed by atoms with Crippen molar-refractivity contribution in [3.05, 3.63) is 26.6 Å². The van der Waals surface area contributed by atoms with Crippen LogP contribution in [0.1, 0.15) is 4.88 Å². The third-order valence-electron chi connectivity index (χ3n) is 1.79. The molecule has 0 nitrogen and oxygen atoms in total. The van der Waals surface area contributed by atoms with Gasteiger partial charge in [0.25, 0.3) is 0 Å². The SMILES string of the molecule is Sc1ccc2cc(CBr)sc2c1I. The number of halogens is 2. The van der Waals surface area contributed by atoms with Gasteiger partial charge in [-0.3, -0.25) is 0 Å². The van der Waals surface area contributed by atoms with E-state index >= 15 is 0 Å². The van der Waals surface area contributed by atoms with Gasteiger partial charge in [0, 0.05) is 23.4 Å². The van der Waals surface area contributed by atoms with E-state index in [2.05, 4.69) is 69.3 Å². The predicted octanol–water partition coefficient (Wildman–Crippen LogP) is 4.69. The highest BCUT2D eigenvalue weighted by Crippen LogP contribution is 2.33. The van der Waals surface area contributed by atoms with Gasteiger partial charge in [-0.05, 0) is 40.1 Å². The second kappa shape index (κ2) is 4.08. The summed E-state index contributed by atoms with van der Waals surface area (Å²) in [6.45, 7) is 0. The molecule has 0 amide bonds. The monoisotopic (exact) mass is 384 g/mol. The molecule has 0 unspecified atom stereocenters. The number of benzene rings is 1. The summed E-state index contributed by atoms with van der Waals surface area (Å²) in [5.74, 6) is 0. The average Bonchev–Trinajstić information content (AvgIpc) is 2.55. The first-order chi connectivity index (χ1) is 6.22. The van der Waals surface area contributed by atoms with Crippen molar-refractivity contribution in [3.8, 4) is 0 Å². The maximum absolute atomic E-state index is 4.40. The highest BCUT2D eigenvalue weighted by molar-refractivity contribution is 14.1. The fraction of sp³-hybridized carbons (Fsp3) is 0.111. The summed E-state index contributed by atoms with van der Waals surface area (Å²) in [5.41, 5.74) is 0. The number of thiol groups is 1. The van der Waals surface area contributed by atoms with E-state index in [1.165, 1.54) is 18.5 Å². The zero-order valence-corrected chi connectivity index (χ0v) is 12.0. The van der Waals surface area contributed by atoms with E-state index in [1.54, 1.807) is 0 Å². The molecule has 0 aliphatic heterocycles. The van der Waals surface area contributed by atoms with Crippen molar-refractivity contribution in [2.75, 3.05) is 0 Å². The zero-order valence-electron chi connectivity index (χ0n) is 6.55. The maximum atomic E-state index is 4.40. The van der Waals surface area contributed by atoms with Gasteiger partial charge in [0.1, 0.15) is 0 Å². The van der Waals surface area contributed by atoms with Crippen molar-refractivity contribution in [1.82, 2.24) is 0 Å². The first-order valence-corrected chi connectivity index (χ1v) is 7.14. The largest absolute Gasteiger partial charge is 0.142 e. The summed E-state index contributed by atoms with van der Waals surface area (Å²) in [7, 11) is 0. The molecule has 0 bridgehead atoms. The molecule has 1 heterocycles. The Morgan fingerprint density at radius 3 is 2.92 bits per heavy atom. The summed E-state index contributed by atoms with van der Waals surface area (Å²) in [6, 6.07) is 6.41. The van der Waals surface area contributed by atoms with E-state index < -0.39 is 0 Å². The summed E-state index contributed by atoms with van der Waals surface area (Å²) in [6.07, 6.45) is 0. The van der Waals surface area contributed by atoms with Crippen molar-refractivity contribution in [3.63, 3.8) is 0 Å². The Kier molecular flexibility index (Phi) is 3.22. The van der Waals surface area contributed by atoms with Crippen LogP contribution in [0, 0.1) is 3.57 Å². The van der Waals surface area contributed by atoms with Crippen molar-refractivity contribution in [2.24, 2.45) is 0 Å². The molecule has 0 aliphatic rings. The van der Waals surface area contributed by atoms with Crippen molar-refractivity contribution in [2.45, 2.75) is 10.2 Å². The molecule has 0 saturated carbocycles. The van der Waals surface area contributed by atoms with Gasteiger partial charge in [0.05, 0.1) is 0 Å². The Balaban J connectivity index is 2.76. The molecule has 68 valence electrons. The van der Waals surface area contributed by atoms with Crippen molar-refractivity contribution >= 4 is 72.6 Å². The molecule has 1 aromatic heterocycles. The van der Waals surface area contributed by atoms with E-state index in [0.29, 0.717) is 0 Å². The van der Waals surface area contributed by atoms with Crippen molar-refractivity contribution in [1.29, 1.82) is 0 Å².